The van der Waals surface area contributed by atoms with Crippen LogP contribution >= 0.6 is 0 Å². The molecule has 1 N–H and O–H groups in total. The summed E-state index contributed by atoms with van der Waals surface area (Å²) in [5, 5.41) is 11.1. The molecule has 0 aromatic carbocycles. The van der Waals surface area contributed by atoms with E-state index in [1.807, 2.05) is 6.92 Å². The van der Waals surface area contributed by atoms with E-state index in [1.54, 1.807) is 0 Å². The van der Waals surface area contributed by atoms with Crippen molar-refractivity contribution in [3.8, 4) is 0 Å². The number of methoxy groups -OCH3 is 1. The van der Waals surface area contributed by atoms with Crippen molar-refractivity contribution in [2.45, 2.75) is 84.1 Å². The Labute approximate surface area is 169 Å². The zero-order chi connectivity index (χ0) is 24.7. The highest BCUT2D eigenvalue weighted by Crippen LogP contribution is 2.68. The summed E-state index contributed by atoms with van der Waals surface area (Å²) < 4.78 is 58.9. The topological polar surface area (TPSA) is 46.5 Å². The second kappa shape index (κ2) is 6.30. The van der Waals surface area contributed by atoms with Crippen molar-refractivity contribution in [1.82, 2.24) is 0 Å². The molecule has 4 aliphatic carbocycles. The Bertz CT molecular complexity index is 798. The summed E-state index contributed by atoms with van der Waals surface area (Å²) in [6, 6.07) is 0. The molecule has 4 rings (SSSR count). The van der Waals surface area contributed by atoms with Crippen molar-refractivity contribution in [2.75, 3.05) is 13.6 Å². The Balaban J connectivity index is 1.53. The number of ether oxygens (including phenoxy) is 1. The molecule has 4 saturated carbocycles. The van der Waals surface area contributed by atoms with Gasteiger partial charge >= 0.3 is 0 Å². The molecule has 3 heteroatoms. The van der Waals surface area contributed by atoms with E-state index in [0.717, 1.165) is 32.1 Å². The van der Waals surface area contributed by atoms with Crippen LogP contribution in [0.2, 0.25) is 0 Å². The van der Waals surface area contributed by atoms with Gasteiger partial charge in [0.2, 0.25) is 0 Å². The van der Waals surface area contributed by atoms with Gasteiger partial charge in [-0.2, -0.15) is 0 Å². The van der Waals surface area contributed by atoms with Crippen molar-refractivity contribution in [3.05, 3.63) is 0 Å². The minimum absolute atomic E-state index is 0.0117. The van der Waals surface area contributed by atoms with Gasteiger partial charge in [0.25, 0.3) is 0 Å². The van der Waals surface area contributed by atoms with Gasteiger partial charge < -0.3 is 9.84 Å². The van der Waals surface area contributed by atoms with Crippen LogP contribution in [-0.4, -0.2) is 30.1 Å². The highest BCUT2D eigenvalue weighted by atomic mass is 16.5. The molecule has 0 aromatic heterocycles. The highest BCUT2D eigenvalue weighted by Gasteiger charge is 2.61. The fourth-order valence-electron chi connectivity index (χ4n) is 7.77. The van der Waals surface area contributed by atoms with Gasteiger partial charge in [-0.05, 0) is 99.1 Å². The quantitative estimate of drug-likeness (QED) is 0.790. The minimum atomic E-state index is -2.75. The molecule has 0 radical (unpaired) electrons. The van der Waals surface area contributed by atoms with Crippen LogP contribution in [0.1, 0.15) is 88.1 Å². The SMILES string of the molecule is [2H]C([2H])([2H])OC[C@@]1(O)CC[C@@]2(C)[C@@H](CC[C@@H]3[C@@H]2CC[C@@]2(C)[C@H]3CC[C@]2([2H])C(=O)C([2H])([2H])[2H])C1. The Morgan fingerprint density at radius 2 is 1.92 bits per heavy atom. The van der Waals surface area contributed by atoms with Crippen LogP contribution < -0.4 is 0 Å². The summed E-state index contributed by atoms with van der Waals surface area (Å²) in [6.07, 6.45) is 6.27. The molecule has 26 heavy (non-hydrogen) atoms. The largest absolute Gasteiger partial charge is 0.387 e. The molecule has 0 saturated heterocycles. The van der Waals surface area contributed by atoms with E-state index < -0.39 is 36.6 Å². The second-order valence-corrected chi connectivity index (χ2v) is 10.2. The molecule has 0 heterocycles. The number of ketones is 1. The van der Waals surface area contributed by atoms with E-state index in [1.165, 1.54) is 0 Å². The molecule has 0 amide bonds. The molecular weight excluding hydrogens is 324 g/mol. The third-order valence-electron chi connectivity index (χ3n) is 9.22. The van der Waals surface area contributed by atoms with E-state index >= 15 is 0 Å². The number of hydrogen-bond donors (Lipinski definition) is 1. The molecule has 4 aliphatic rings. The average Bonchev–Trinajstić information content (AvgIpc) is 2.97. The van der Waals surface area contributed by atoms with E-state index in [9.17, 15) is 9.90 Å². The van der Waals surface area contributed by atoms with Gasteiger partial charge in [-0.25, -0.2) is 0 Å². The molecular formula is C23H38O3. The maximum absolute atomic E-state index is 12.9. The van der Waals surface area contributed by atoms with E-state index in [2.05, 4.69) is 6.92 Å². The Hall–Kier alpha value is -0.410. The van der Waals surface area contributed by atoms with Gasteiger partial charge in [-0.15, -0.1) is 0 Å². The lowest BCUT2D eigenvalue weighted by atomic mass is 9.44. The molecule has 148 valence electrons. The first-order valence-electron chi connectivity index (χ1n) is 13.9. The smallest absolute Gasteiger partial charge is 0.133 e. The summed E-state index contributed by atoms with van der Waals surface area (Å²) >= 11 is 0. The normalized spacial score (nSPS) is 61.3. The van der Waals surface area contributed by atoms with Gasteiger partial charge in [-0.3, -0.25) is 4.79 Å². The molecule has 0 bridgehead atoms. The maximum Gasteiger partial charge on any atom is 0.133 e. The van der Waals surface area contributed by atoms with Crippen LogP contribution in [0, 0.1) is 40.4 Å². The fraction of sp³-hybridized carbons (Fsp3) is 0.957. The summed E-state index contributed by atoms with van der Waals surface area (Å²) in [5.74, 6) is -1.24. The standard InChI is InChI=1S/C23H38O3/c1-15(24)18-7-8-19-17-6-5-16-13-23(25,14-26-4)12-11-21(16,2)20(17)9-10-22(18,19)3/h16-20,25H,5-14H2,1-4H3/t16-,17-,18+,19-,20-,21-,22+,23+/m0/s1/i1D3,4D3,18D. The molecule has 0 unspecified atom stereocenters. The number of fused-ring (bicyclic) bond motifs is 5. The molecule has 0 aliphatic heterocycles. The Morgan fingerprint density at radius 1 is 1.12 bits per heavy atom. The van der Waals surface area contributed by atoms with Gasteiger partial charge in [-0.1, -0.05) is 13.8 Å². The van der Waals surface area contributed by atoms with Crippen molar-refractivity contribution in [1.29, 1.82) is 0 Å². The molecule has 8 atom stereocenters. The molecule has 0 spiro atoms. The number of rotatable bonds is 3. The maximum atomic E-state index is 12.9. The highest BCUT2D eigenvalue weighted by molar-refractivity contribution is 5.79. The van der Waals surface area contributed by atoms with Crippen molar-refractivity contribution in [2.24, 2.45) is 40.4 Å². The van der Waals surface area contributed by atoms with Crippen LogP contribution in [0.3, 0.4) is 0 Å². The van der Waals surface area contributed by atoms with Gasteiger partial charge in [0.15, 0.2) is 0 Å². The van der Waals surface area contributed by atoms with Crippen LogP contribution in [-0.2, 0) is 9.53 Å². The predicted molar refractivity (Wildman–Crippen MR) is 103 cm³/mol. The number of aliphatic hydroxyl groups is 1. The number of carbonyl (C=O) groups excluding carboxylic acids is 1. The van der Waals surface area contributed by atoms with Crippen LogP contribution in [0.15, 0.2) is 0 Å². The Morgan fingerprint density at radius 3 is 2.69 bits per heavy atom. The lowest BCUT2D eigenvalue weighted by molar-refractivity contribution is -0.163. The third-order valence-corrected chi connectivity index (χ3v) is 9.22. The average molecular weight is 370 g/mol. The first-order chi connectivity index (χ1) is 15.0. The Kier molecular flexibility index (Phi) is 2.96. The van der Waals surface area contributed by atoms with E-state index in [-0.39, 0.29) is 23.9 Å². The molecule has 3 nitrogen and oxygen atoms in total. The first kappa shape index (κ1) is 12.2. The van der Waals surface area contributed by atoms with Crippen molar-refractivity contribution in [3.63, 3.8) is 0 Å². The predicted octanol–water partition coefficient (Wildman–Crippen LogP) is 4.61. The summed E-state index contributed by atoms with van der Waals surface area (Å²) in [7, 11) is -2.51. The molecule has 0 aromatic rings. The summed E-state index contributed by atoms with van der Waals surface area (Å²) in [4.78, 5) is 12.9. The lowest BCUT2D eigenvalue weighted by Gasteiger charge is -2.62. The minimum Gasteiger partial charge on any atom is -0.387 e. The summed E-state index contributed by atoms with van der Waals surface area (Å²) in [5.41, 5.74) is -1.73. The van der Waals surface area contributed by atoms with E-state index in [0.29, 0.717) is 37.5 Å². The molecule has 4 fully saturated rings. The number of hydrogen-bond acceptors (Lipinski definition) is 3. The van der Waals surface area contributed by atoms with Crippen LogP contribution in [0.4, 0.5) is 0 Å². The van der Waals surface area contributed by atoms with Gasteiger partial charge in [0, 0.05) is 18.4 Å². The lowest BCUT2D eigenvalue weighted by Crippen LogP contribution is -2.56. The van der Waals surface area contributed by atoms with E-state index in [4.69, 9.17) is 14.3 Å². The van der Waals surface area contributed by atoms with Crippen molar-refractivity contribution >= 4 is 5.78 Å². The first-order valence-corrected chi connectivity index (χ1v) is 10.4. The van der Waals surface area contributed by atoms with Gasteiger partial charge in [0.1, 0.15) is 5.78 Å². The van der Waals surface area contributed by atoms with Gasteiger partial charge in [0.05, 0.1) is 16.3 Å². The fourth-order valence-corrected chi connectivity index (χ4v) is 7.77. The van der Waals surface area contributed by atoms with Crippen LogP contribution in [0.5, 0.6) is 0 Å². The zero-order valence-corrected chi connectivity index (χ0v) is 16.1. The number of carbonyl (C=O) groups is 1. The number of Topliss-reactive ketones (excluding diaryl/α,β-unsaturated/α-hetero) is 1. The second-order valence-electron chi connectivity index (χ2n) is 10.2. The summed E-state index contributed by atoms with van der Waals surface area (Å²) in [6.45, 7) is 1.36. The third kappa shape index (κ3) is 2.64. The van der Waals surface area contributed by atoms with Crippen LogP contribution in [0.25, 0.3) is 0 Å². The van der Waals surface area contributed by atoms with Crippen molar-refractivity contribution < 1.29 is 24.2 Å². The zero-order valence-electron chi connectivity index (χ0n) is 23.1. The monoisotopic (exact) mass is 369 g/mol.